The van der Waals surface area contributed by atoms with E-state index in [2.05, 4.69) is 13.8 Å². The van der Waals surface area contributed by atoms with E-state index in [-0.39, 0.29) is 30.5 Å². The summed E-state index contributed by atoms with van der Waals surface area (Å²) in [6.45, 7) is 6.29. The monoisotopic (exact) mass is 278 g/mol. The van der Waals surface area contributed by atoms with E-state index < -0.39 is 6.29 Å². The van der Waals surface area contributed by atoms with Crippen molar-refractivity contribution in [3.05, 3.63) is 35.9 Å². The average molecular weight is 278 g/mol. The third-order valence-corrected chi connectivity index (χ3v) is 4.40. The standard InChI is InChI=1S/C16H22O4/c1-10-11(2)14(20-15(17)12(10)3)9-19-16(18)13-7-5-4-6-8-13/h4-8,10-12,14-15,17H,9H2,1-3H3/t10-,11-,12?,14?,15+/m0/s1. The van der Waals surface area contributed by atoms with Crippen molar-refractivity contribution in [3.63, 3.8) is 0 Å². The van der Waals surface area contributed by atoms with Gasteiger partial charge in [-0.25, -0.2) is 4.79 Å². The molecule has 2 rings (SSSR count). The van der Waals surface area contributed by atoms with Crippen LogP contribution in [0.5, 0.6) is 0 Å². The molecule has 4 nitrogen and oxygen atoms in total. The van der Waals surface area contributed by atoms with Crippen LogP contribution in [0.25, 0.3) is 0 Å². The van der Waals surface area contributed by atoms with Gasteiger partial charge in [-0.15, -0.1) is 0 Å². The summed E-state index contributed by atoms with van der Waals surface area (Å²) in [6.07, 6.45) is -1.05. The van der Waals surface area contributed by atoms with E-state index in [4.69, 9.17) is 9.47 Å². The van der Waals surface area contributed by atoms with Gasteiger partial charge in [-0.3, -0.25) is 0 Å². The van der Waals surface area contributed by atoms with Crippen molar-refractivity contribution < 1.29 is 19.4 Å². The number of carbonyl (C=O) groups excluding carboxylic acids is 1. The number of esters is 1. The molecule has 2 unspecified atom stereocenters. The van der Waals surface area contributed by atoms with Crippen LogP contribution >= 0.6 is 0 Å². The first-order valence-corrected chi connectivity index (χ1v) is 7.06. The number of carbonyl (C=O) groups is 1. The van der Waals surface area contributed by atoms with Gasteiger partial charge in [-0.1, -0.05) is 39.0 Å². The first-order valence-electron chi connectivity index (χ1n) is 7.06. The molecule has 1 aromatic rings. The maximum Gasteiger partial charge on any atom is 0.338 e. The van der Waals surface area contributed by atoms with Crippen LogP contribution < -0.4 is 0 Å². The van der Waals surface area contributed by atoms with Crippen LogP contribution in [0.2, 0.25) is 0 Å². The second kappa shape index (κ2) is 6.37. The number of aliphatic hydroxyl groups excluding tert-OH is 1. The molecule has 5 atom stereocenters. The van der Waals surface area contributed by atoms with E-state index in [1.807, 2.05) is 13.0 Å². The maximum absolute atomic E-state index is 11.9. The molecule has 0 amide bonds. The van der Waals surface area contributed by atoms with Gasteiger partial charge >= 0.3 is 5.97 Å². The van der Waals surface area contributed by atoms with E-state index >= 15 is 0 Å². The molecule has 1 heterocycles. The smallest absolute Gasteiger partial charge is 0.338 e. The predicted molar refractivity (Wildman–Crippen MR) is 75.1 cm³/mol. The molecule has 1 aromatic carbocycles. The number of hydrogen-bond acceptors (Lipinski definition) is 4. The van der Waals surface area contributed by atoms with Crippen LogP contribution in [0.3, 0.4) is 0 Å². The van der Waals surface area contributed by atoms with Gasteiger partial charge in [0.15, 0.2) is 6.29 Å². The van der Waals surface area contributed by atoms with Gasteiger partial charge in [0.1, 0.15) is 6.61 Å². The fourth-order valence-corrected chi connectivity index (χ4v) is 2.51. The van der Waals surface area contributed by atoms with E-state index in [1.54, 1.807) is 24.3 Å². The Morgan fingerprint density at radius 1 is 1.15 bits per heavy atom. The molecular formula is C16H22O4. The third-order valence-electron chi connectivity index (χ3n) is 4.40. The maximum atomic E-state index is 11.9. The van der Waals surface area contributed by atoms with Crippen LogP contribution in [0.4, 0.5) is 0 Å². The number of benzene rings is 1. The van der Waals surface area contributed by atoms with Crippen LogP contribution in [0.1, 0.15) is 31.1 Å². The van der Waals surface area contributed by atoms with E-state index in [0.29, 0.717) is 11.5 Å². The summed E-state index contributed by atoms with van der Waals surface area (Å²) in [7, 11) is 0. The Labute approximate surface area is 119 Å². The SMILES string of the molecule is CC1[C@H](O)OC(COC(=O)c2ccccc2)[C@@H](C)[C@@H]1C. The predicted octanol–water partition coefficient (Wildman–Crippen LogP) is 2.47. The summed E-state index contributed by atoms with van der Waals surface area (Å²) < 4.78 is 10.8. The van der Waals surface area contributed by atoms with Gasteiger partial charge in [-0.05, 0) is 24.0 Å². The first kappa shape index (κ1) is 15.0. The van der Waals surface area contributed by atoms with Crippen molar-refractivity contribution >= 4 is 5.97 Å². The molecule has 0 saturated carbocycles. The van der Waals surface area contributed by atoms with Gasteiger partial charge in [0.2, 0.25) is 0 Å². The Morgan fingerprint density at radius 3 is 2.45 bits per heavy atom. The van der Waals surface area contributed by atoms with Crippen molar-refractivity contribution in [1.29, 1.82) is 0 Å². The van der Waals surface area contributed by atoms with Crippen molar-refractivity contribution in [2.75, 3.05) is 6.61 Å². The molecule has 0 aromatic heterocycles. The largest absolute Gasteiger partial charge is 0.459 e. The molecule has 0 aliphatic carbocycles. The summed E-state index contributed by atoms with van der Waals surface area (Å²) in [5.41, 5.74) is 0.526. The number of rotatable bonds is 3. The highest BCUT2D eigenvalue weighted by molar-refractivity contribution is 5.89. The topological polar surface area (TPSA) is 55.8 Å². The molecule has 1 aliphatic rings. The number of ether oxygens (including phenoxy) is 2. The summed E-state index contributed by atoms with van der Waals surface area (Å²) in [6, 6.07) is 8.87. The minimum Gasteiger partial charge on any atom is -0.459 e. The van der Waals surface area contributed by atoms with E-state index in [0.717, 1.165) is 0 Å². The summed E-state index contributed by atoms with van der Waals surface area (Å²) in [4.78, 5) is 11.9. The van der Waals surface area contributed by atoms with Gasteiger partial charge in [0.05, 0.1) is 11.7 Å². The zero-order chi connectivity index (χ0) is 14.7. The third kappa shape index (κ3) is 3.19. The van der Waals surface area contributed by atoms with Crippen molar-refractivity contribution in [1.82, 2.24) is 0 Å². The van der Waals surface area contributed by atoms with Gasteiger partial charge in [-0.2, -0.15) is 0 Å². The minimum absolute atomic E-state index is 0.0890. The molecule has 0 radical (unpaired) electrons. The zero-order valence-corrected chi connectivity index (χ0v) is 12.2. The lowest BCUT2D eigenvalue weighted by Gasteiger charge is -2.41. The highest BCUT2D eigenvalue weighted by Crippen LogP contribution is 2.34. The number of aliphatic hydroxyl groups is 1. The van der Waals surface area contributed by atoms with Crippen LogP contribution in [-0.4, -0.2) is 30.1 Å². The normalized spacial score (nSPS) is 33.7. The molecule has 0 bridgehead atoms. The fourth-order valence-electron chi connectivity index (χ4n) is 2.51. The lowest BCUT2D eigenvalue weighted by molar-refractivity contribution is -0.232. The molecule has 20 heavy (non-hydrogen) atoms. The van der Waals surface area contributed by atoms with Gasteiger partial charge < -0.3 is 14.6 Å². The molecule has 110 valence electrons. The lowest BCUT2D eigenvalue weighted by Crippen LogP contribution is -2.46. The Morgan fingerprint density at radius 2 is 1.80 bits per heavy atom. The van der Waals surface area contributed by atoms with Crippen LogP contribution in [-0.2, 0) is 9.47 Å². The second-order valence-corrected chi connectivity index (χ2v) is 5.61. The average Bonchev–Trinajstić information content (AvgIpc) is 2.48. The molecular weight excluding hydrogens is 256 g/mol. The zero-order valence-electron chi connectivity index (χ0n) is 12.2. The molecule has 1 N–H and O–H groups in total. The lowest BCUT2D eigenvalue weighted by atomic mass is 9.79. The van der Waals surface area contributed by atoms with Crippen molar-refractivity contribution in [3.8, 4) is 0 Å². The van der Waals surface area contributed by atoms with Gasteiger partial charge in [0.25, 0.3) is 0 Å². The molecule has 4 heteroatoms. The molecule has 1 fully saturated rings. The summed E-state index contributed by atoms with van der Waals surface area (Å²) in [5, 5.41) is 9.86. The summed E-state index contributed by atoms with van der Waals surface area (Å²) in [5.74, 6) is 0.282. The Bertz CT molecular complexity index is 445. The quantitative estimate of drug-likeness (QED) is 0.863. The number of hydrogen-bond donors (Lipinski definition) is 1. The highest BCUT2D eigenvalue weighted by Gasteiger charge is 2.38. The van der Waals surface area contributed by atoms with Crippen LogP contribution in [0, 0.1) is 17.8 Å². The minimum atomic E-state index is -0.790. The van der Waals surface area contributed by atoms with Crippen molar-refractivity contribution in [2.24, 2.45) is 17.8 Å². The molecule has 1 saturated heterocycles. The van der Waals surface area contributed by atoms with Gasteiger partial charge in [0, 0.05) is 5.92 Å². The molecule has 1 aliphatic heterocycles. The second-order valence-electron chi connectivity index (χ2n) is 5.61. The molecule has 0 spiro atoms. The van der Waals surface area contributed by atoms with E-state index in [1.165, 1.54) is 0 Å². The summed E-state index contributed by atoms with van der Waals surface area (Å²) >= 11 is 0. The fraction of sp³-hybridized carbons (Fsp3) is 0.562. The van der Waals surface area contributed by atoms with Crippen LogP contribution in [0.15, 0.2) is 30.3 Å². The Kier molecular flexibility index (Phi) is 4.78. The Balaban J connectivity index is 1.92. The van der Waals surface area contributed by atoms with E-state index in [9.17, 15) is 9.90 Å². The van der Waals surface area contributed by atoms with Crippen molar-refractivity contribution in [2.45, 2.75) is 33.2 Å². The Hall–Kier alpha value is -1.39. The highest BCUT2D eigenvalue weighted by atomic mass is 16.6. The first-order chi connectivity index (χ1) is 9.50.